The van der Waals surface area contributed by atoms with Crippen LogP contribution in [0.5, 0.6) is 0 Å². The Balaban J connectivity index is 1.14. The standard InChI is InChI=1S/C55H39N/c1-55(2)50-21-10-8-17-46(50)47-34-32-42(35-51(47)55)56(41-30-27-37(28-31-41)36-13-4-3-5-14-36)52-22-11-9-18-48(52)44-19-12-20-49-45(44)33-29-40-26-25-39-24-23-38-15-6-7-16-43(38)53(39)54(40)49/h3-35H,1-2H3. The van der Waals surface area contributed by atoms with Gasteiger partial charge in [0.15, 0.2) is 0 Å². The SMILES string of the molecule is CC1(C)c2ccccc2-c2ccc(N(c3ccc(-c4ccccc4)cc3)c3ccccc3-c3cccc4c3ccc3ccc5ccc6ccccc6c5c34)cc21. The molecule has 0 aromatic heterocycles. The van der Waals surface area contributed by atoms with E-state index in [1.54, 1.807) is 0 Å². The minimum absolute atomic E-state index is 0.117. The van der Waals surface area contributed by atoms with Crippen molar-refractivity contribution >= 4 is 60.2 Å². The monoisotopic (exact) mass is 713 g/mol. The third kappa shape index (κ3) is 4.94. The van der Waals surface area contributed by atoms with E-state index in [4.69, 9.17) is 0 Å². The minimum atomic E-state index is -0.117. The molecule has 0 saturated carbocycles. The van der Waals surface area contributed by atoms with Gasteiger partial charge in [-0.1, -0.05) is 184 Å². The summed E-state index contributed by atoms with van der Waals surface area (Å²) in [4.78, 5) is 2.46. The summed E-state index contributed by atoms with van der Waals surface area (Å²) in [5.74, 6) is 0. The molecule has 0 spiro atoms. The molecule has 10 aromatic rings. The van der Waals surface area contributed by atoms with E-state index >= 15 is 0 Å². The lowest BCUT2D eigenvalue weighted by molar-refractivity contribution is 0.660. The first-order valence-electron chi connectivity index (χ1n) is 19.6. The fourth-order valence-corrected chi connectivity index (χ4v) is 9.50. The first kappa shape index (κ1) is 32.5. The number of fused-ring (bicyclic) bond motifs is 10. The van der Waals surface area contributed by atoms with E-state index in [0.717, 1.165) is 17.1 Å². The van der Waals surface area contributed by atoms with Gasteiger partial charge in [0.05, 0.1) is 5.69 Å². The first-order chi connectivity index (χ1) is 27.5. The molecule has 11 rings (SSSR count). The van der Waals surface area contributed by atoms with Gasteiger partial charge in [-0.25, -0.2) is 0 Å². The van der Waals surface area contributed by atoms with Crippen LogP contribution in [-0.2, 0) is 5.41 Å². The Morgan fingerprint density at radius 2 is 0.911 bits per heavy atom. The molecule has 1 heteroatoms. The Hall–Kier alpha value is -6.96. The molecule has 1 nitrogen and oxygen atoms in total. The van der Waals surface area contributed by atoms with Crippen molar-refractivity contribution in [2.24, 2.45) is 0 Å². The fourth-order valence-electron chi connectivity index (χ4n) is 9.50. The van der Waals surface area contributed by atoms with Crippen molar-refractivity contribution in [1.29, 1.82) is 0 Å². The average Bonchev–Trinajstić information content (AvgIpc) is 3.49. The van der Waals surface area contributed by atoms with Crippen LogP contribution >= 0.6 is 0 Å². The van der Waals surface area contributed by atoms with Gasteiger partial charge < -0.3 is 4.90 Å². The van der Waals surface area contributed by atoms with Gasteiger partial charge >= 0.3 is 0 Å². The molecule has 0 atom stereocenters. The molecule has 1 aliphatic carbocycles. The molecule has 0 saturated heterocycles. The van der Waals surface area contributed by atoms with Crippen molar-refractivity contribution in [2.45, 2.75) is 19.3 Å². The zero-order valence-electron chi connectivity index (χ0n) is 31.5. The number of rotatable bonds is 5. The summed E-state index contributed by atoms with van der Waals surface area (Å²) in [7, 11) is 0. The van der Waals surface area contributed by atoms with Crippen molar-refractivity contribution in [2.75, 3.05) is 4.90 Å². The smallest absolute Gasteiger partial charge is 0.0540 e. The maximum atomic E-state index is 2.46. The number of nitrogens with zero attached hydrogens (tertiary/aromatic N) is 1. The van der Waals surface area contributed by atoms with Crippen molar-refractivity contribution < 1.29 is 0 Å². The Morgan fingerprint density at radius 3 is 1.73 bits per heavy atom. The van der Waals surface area contributed by atoms with Crippen LogP contribution in [0.4, 0.5) is 17.1 Å². The van der Waals surface area contributed by atoms with Gasteiger partial charge in [-0.3, -0.25) is 0 Å². The largest absolute Gasteiger partial charge is 0.310 e. The number of para-hydroxylation sites is 1. The summed E-state index contributed by atoms with van der Waals surface area (Å²) >= 11 is 0. The molecule has 56 heavy (non-hydrogen) atoms. The highest BCUT2D eigenvalue weighted by molar-refractivity contribution is 6.28. The van der Waals surface area contributed by atoms with E-state index in [9.17, 15) is 0 Å². The quantitative estimate of drug-likeness (QED) is 0.161. The number of hydrogen-bond acceptors (Lipinski definition) is 1. The van der Waals surface area contributed by atoms with Gasteiger partial charge in [0, 0.05) is 22.4 Å². The van der Waals surface area contributed by atoms with E-state index in [1.807, 2.05) is 0 Å². The Labute approximate surface area is 327 Å². The third-order valence-electron chi connectivity index (χ3n) is 12.2. The van der Waals surface area contributed by atoms with Crippen LogP contribution in [0.1, 0.15) is 25.0 Å². The van der Waals surface area contributed by atoms with Gasteiger partial charge in [-0.05, 0) is 112 Å². The highest BCUT2D eigenvalue weighted by Gasteiger charge is 2.36. The first-order valence-corrected chi connectivity index (χ1v) is 19.6. The van der Waals surface area contributed by atoms with E-state index in [1.165, 1.54) is 87.6 Å². The maximum Gasteiger partial charge on any atom is 0.0540 e. The van der Waals surface area contributed by atoms with Crippen molar-refractivity contribution in [1.82, 2.24) is 0 Å². The van der Waals surface area contributed by atoms with Gasteiger partial charge in [0.25, 0.3) is 0 Å². The molecule has 0 heterocycles. The summed E-state index contributed by atoms with van der Waals surface area (Å²) in [5, 5.41) is 10.2. The Kier molecular flexibility index (Phi) is 7.28. The number of hydrogen-bond donors (Lipinski definition) is 0. The molecule has 0 fully saturated rings. The third-order valence-corrected chi connectivity index (χ3v) is 12.2. The summed E-state index contributed by atoms with van der Waals surface area (Å²) in [5.41, 5.74) is 13.5. The summed E-state index contributed by atoms with van der Waals surface area (Å²) in [6, 6.07) is 74.0. The van der Waals surface area contributed by atoms with Gasteiger partial charge in [-0.2, -0.15) is 0 Å². The average molecular weight is 714 g/mol. The van der Waals surface area contributed by atoms with E-state index in [0.29, 0.717) is 0 Å². The van der Waals surface area contributed by atoms with Crippen LogP contribution in [0.2, 0.25) is 0 Å². The lowest BCUT2D eigenvalue weighted by atomic mass is 9.82. The normalized spacial score (nSPS) is 13.0. The summed E-state index contributed by atoms with van der Waals surface area (Å²) in [6.45, 7) is 4.73. The Bertz CT molecular complexity index is 3150. The van der Waals surface area contributed by atoms with Crippen molar-refractivity contribution in [3.63, 3.8) is 0 Å². The van der Waals surface area contributed by atoms with Gasteiger partial charge in [0.2, 0.25) is 0 Å². The molecule has 0 unspecified atom stereocenters. The summed E-state index contributed by atoms with van der Waals surface area (Å²) in [6.07, 6.45) is 0. The zero-order valence-corrected chi connectivity index (χ0v) is 31.5. The highest BCUT2D eigenvalue weighted by Crippen LogP contribution is 2.52. The maximum absolute atomic E-state index is 2.46. The number of anilines is 3. The minimum Gasteiger partial charge on any atom is -0.310 e. The second-order valence-electron chi connectivity index (χ2n) is 15.7. The highest BCUT2D eigenvalue weighted by atomic mass is 15.1. The van der Waals surface area contributed by atoms with Crippen LogP contribution in [0.25, 0.3) is 76.5 Å². The topological polar surface area (TPSA) is 3.24 Å². The molecule has 0 amide bonds. The molecule has 0 N–H and O–H groups in total. The molecule has 10 aromatic carbocycles. The lowest BCUT2D eigenvalue weighted by Gasteiger charge is -2.30. The van der Waals surface area contributed by atoms with Gasteiger partial charge in [0.1, 0.15) is 0 Å². The molecular formula is C55H39N. The van der Waals surface area contributed by atoms with Crippen LogP contribution < -0.4 is 4.90 Å². The second kappa shape index (κ2) is 12.5. The molecule has 264 valence electrons. The molecule has 0 aliphatic heterocycles. The lowest BCUT2D eigenvalue weighted by Crippen LogP contribution is -2.16. The van der Waals surface area contributed by atoms with E-state index in [-0.39, 0.29) is 5.41 Å². The molecule has 1 aliphatic rings. The predicted octanol–water partition coefficient (Wildman–Crippen LogP) is 15.4. The summed E-state index contributed by atoms with van der Waals surface area (Å²) < 4.78 is 0. The molecule has 0 bridgehead atoms. The van der Waals surface area contributed by atoms with Crippen molar-refractivity contribution in [3.8, 4) is 33.4 Å². The van der Waals surface area contributed by atoms with E-state index in [2.05, 4.69) is 219 Å². The zero-order chi connectivity index (χ0) is 37.4. The predicted molar refractivity (Wildman–Crippen MR) is 240 cm³/mol. The Morgan fingerprint density at radius 1 is 0.339 bits per heavy atom. The van der Waals surface area contributed by atoms with Crippen LogP contribution in [-0.4, -0.2) is 0 Å². The van der Waals surface area contributed by atoms with Gasteiger partial charge in [-0.15, -0.1) is 0 Å². The molecular weight excluding hydrogens is 675 g/mol. The fraction of sp³-hybridized carbons (Fsp3) is 0.0545. The van der Waals surface area contributed by atoms with Crippen LogP contribution in [0.3, 0.4) is 0 Å². The van der Waals surface area contributed by atoms with Crippen LogP contribution in [0, 0.1) is 0 Å². The number of benzene rings is 10. The van der Waals surface area contributed by atoms with E-state index < -0.39 is 0 Å². The van der Waals surface area contributed by atoms with Crippen LogP contribution in [0.15, 0.2) is 200 Å². The second-order valence-corrected chi connectivity index (χ2v) is 15.7. The van der Waals surface area contributed by atoms with Crippen molar-refractivity contribution in [3.05, 3.63) is 211 Å². The molecule has 0 radical (unpaired) electrons.